The largest absolute Gasteiger partial charge is 0.491 e. The molecular weight excluding hydrogens is 529 g/mol. The molecule has 0 aliphatic carbocycles. The van der Waals surface area contributed by atoms with Gasteiger partial charge in [0, 0.05) is 21.0 Å². The van der Waals surface area contributed by atoms with E-state index in [4.69, 9.17) is 32.7 Å². The standard InChI is InChI=1S/C29H21Cl2NO4S/c30-24-8-4-9-25(31)23(24)18-36-21-13-11-19(12-14-21)17-27-28(33)32(29(34)37-27)15-16-35-26-10-3-6-20-5-1-2-7-22(20)26/h1-14,17H,15-16,18H2/b27-17-. The molecule has 1 aliphatic heterocycles. The van der Waals surface area contributed by atoms with Gasteiger partial charge in [-0.2, -0.15) is 0 Å². The van der Waals surface area contributed by atoms with Crippen molar-refractivity contribution in [3.05, 3.63) is 111 Å². The zero-order chi connectivity index (χ0) is 25.8. The summed E-state index contributed by atoms with van der Waals surface area (Å²) in [7, 11) is 0. The number of halogens is 2. The third kappa shape index (κ3) is 5.77. The Labute approximate surface area is 228 Å². The number of carbonyl (C=O) groups excluding carboxylic acids is 2. The molecule has 1 saturated heterocycles. The van der Waals surface area contributed by atoms with Gasteiger partial charge in [-0.25, -0.2) is 0 Å². The fourth-order valence-electron chi connectivity index (χ4n) is 3.90. The number of imide groups is 1. The van der Waals surface area contributed by atoms with Crippen molar-refractivity contribution in [2.45, 2.75) is 6.61 Å². The normalized spacial score (nSPS) is 14.5. The maximum atomic E-state index is 12.9. The molecule has 5 nitrogen and oxygen atoms in total. The van der Waals surface area contributed by atoms with Crippen molar-refractivity contribution in [1.29, 1.82) is 0 Å². The lowest BCUT2D eigenvalue weighted by atomic mass is 10.1. The highest BCUT2D eigenvalue weighted by Crippen LogP contribution is 2.33. The second-order valence-corrected chi connectivity index (χ2v) is 10.0. The maximum Gasteiger partial charge on any atom is 0.293 e. The minimum atomic E-state index is -0.329. The summed E-state index contributed by atoms with van der Waals surface area (Å²) in [6, 6.07) is 26.2. The Morgan fingerprint density at radius 3 is 2.30 bits per heavy atom. The van der Waals surface area contributed by atoms with Crippen molar-refractivity contribution >= 4 is 63.0 Å². The van der Waals surface area contributed by atoms with E-state index in [1.165, 1.54) is 4.90 Å². The summed E-state index contributed by atoms with van der Waals surface area (Å²) in [5.41, 5.74) is 1.49. The lowest BCUT2D eigenvalue weighted by Gasteiger charge is -2.14. The molecule has 0 unspecified atom stereocenters. The van der Waals surface area contributed by atoms with Crippen LogP contribution in [0.1, 0.15) is 11.1 Å². The third-order valence-corrected chi connectivity index (χ3v) is 7.43. The second kappa shape index (κ2) is 11.3. The van der Waals surface area contributed by atoms with Gasteiger partial charge in [-0.05, 0) is 59.1 Å². The maximum absolute atomic E-state index is 12.9. The highest BCUT2D eigenvalue weighted by atomic mass is 35.5. The predicted octanol–water partition coefficient (Wildman–Crippen LogP) is 7.84. The molecule has 4 aromatic rings. The molecule has 1 heterocycles. The average Bonchev–Trinajstić information content (AvgIpc) is 3.16. The van der Waals surface area contributed by atoms with Gasteiger partial charge in [0.25, 0.3) is 11.1 Å². The van der Waals surface area contributed by atoms with Gasteiger partial charge in [-0.3, -0.25) is 14.5 Å². The van der Waals surface area contributed by atoms with Crippen molar-refractivity contribution in [2.24, 2.45) is 0 Å². The molecule has 5 rings (SSSR count). The highest BCUT2D eigenvalue weighted by Gasteiger charge is 2.34. The van der Waals surface area contributed by atoms with Gasteiger partial charge in [0.15, 0.2) is 0 Å². The highest BCUT2D eigenvalue weighted by molar-refractivity contribution is 8.18. The number of thioether (sulfide) groups is 1. The molecule has 4 aromatic carbocycles. The van der Waals surface area contributed by atoms with E-state index in [1.54, 1.807) is 36.4 Å². The van der Waals surface area contributed by atoms with Crippen LogP contribution in [0.5, 0.6) is 11.5 Å². The Morgan fingerprint density at radius 1 is 0.811 bits per heavy atom. The molecule has 8 heteroatoms. The summed E-state index contributed by atoms with van der Waals surface area (Å²) in [6.45, 7) is 0.612. The van der Waals surface area contributed by atoms with Gasteiger partial charge in [0.05, 0.1) is 11.4 Å². The predicted molar refractivity (Wildman–Crippen MR) is 149 cm³/mol. The number of benzene rings is 4. The van der Waals surface area contributed by atoms with Crippen LogP contribution in [0.2, 0.25) is 10.0 Å². The van der Waals surface area contributed by atoms with Crippen molar-refractivity contribution < 1.29 is 19.1 Å². The number of carbonyl (C=O) groups is 2. The lowest BCUT2D eigenvalue weighted by Crippen LogP contribution is -2.32. The van der Waals surface area contributed by atoms with Gasteiger partial charge in [0.1, 0.15) is 24.7 Å². The van der Waals surface area contributed by atoms with E-state index >= 15 is 0 Å². The Kier molecular flexibility index (Phi) is 7.70. The smallest absolute Gasteiger partial charge is 0.293 e. The van der Waals surface area contributed by atoms with E-state index in [0.717, 1.165) is 33.8 Å². The minimum absolute atomic E-state index is 0.169. The van der Waals surface area contributed by atoms with Crippen molar-refractivity contribution in [3.63, 3.8) is 0 Å². The van der Waals surface area contributed by atoms with Crippen molar-refractivity contribution in [1.82, 2.24) is 4.90 Å². The van der Waals surface area contributed by atoms with Crippen LogP contribution in [0.25, 0.3) is 16.8 Å². The van der Waals surface area contributed by atoms with Crippen molar-refractivity contribution in [3.8, 4) is 11.5 Å². The van der Waals surface area contributed by atoms with Crippen LogP contribution in [-0.2, 0) is 11.4 Å². The summed E-state index contributed by atoms with van der Waals surface area (Å²) in [5, 5.41) is 2.83. The Bertz CT molecular complexity index is 1480. The average molecular weight is 550 g/mol. The van der Waals surface area contributed by atoms with E-state index in [0.29, 0.717) is 26.3 Å². The van der Waals surface area contributed by atoms with Crippen molar-refractivity contribution in [2.75, 3.05) is 13.2 Å². The monoisotopic (exact) mass is 549 g/mol. The van der Waals surface area contributed by atoms with Crippen LogP contribution in [0, 0.1) is 0 Å². The first-order valence-corrected chi connectivity index (χ1v) is 13.1. The molecule has 0 saturated carbocycles. The molecule has 186 valence electrons. The van der Waals surface area contributed by atoms with E-state index in [-0.39, 0.29) is 30.9 Å². The number of fused-ring (bicyclic) bond motifs is 1. The van der Waals surface area contributed by atoms with E-state index in [9.17, 15) is 9.59 Å². The summed E-state index contributed by atoms with van der Waals surface area (Å²) in [5.74, 6) is 1.02. The first-order chi connectivity index (χ1) is 18.0. The SMILES string of the molecule is O=C1S/C(=C\c2ccc(OCc3c(Cl)cccc3Cl)cc2)C(=O)N1CCOc1cccc2ccccc12. The van der Waals surface area contributed by atoms with Gasteiger partial charge < -0.3 is 9.47 Å². The van der Waals surface area contributed by atoms with Gasteiger partial charge in [-0.1, -0.05) is 77.8 Å². The minimum Gasteiger partial charge on any atom is -0.491 e. The molecule has 1 fully saturated rings. The molecule has 0 spiro atoms. The summed E-state index contributed by atoms with van der Waals surface area (Å²) in [6.07, 6.45) is 1.70. The number of nitrogens with zero attached hydrogens (tertiary/aromatic N) is 1. The van der Waals surface area contributed by atoms with Crippen LogP contribution in [0.4, 0.5) is 4.79 Å². The van der Waals surface area contributed by atoms with Gasteiger partial charge in [0.2, 0.25) is 0 Å². The second-order valence-electron chi connectivity index (χ2n) is 8.22. The van der Waals surface area contributed by atoms with E-state index < -0.39 is 0 Å². The molecule has 0 bridgehead atoms. The summed E-state index contributed by atoms with van der Waals surface area (Å²) >= 11 is 13.3. The van der Waals surface area contributed by atoms with E-state index in [1.807, 2.05) is 54.6 Å². The van der Waals surface area contributed by atoms with Crippen LogP contribution < -0.4 is 9.47 Å². The fraction of sp³-hybridized carbons (Fsp3) is 0.103. The number of hydrogen-bond acceptors (Lipinski definition) is 5. The number of ether oxygens (including phenoxy) is 2. The molecule has 0 atom stereocenters. The van der Waals surface area contributed by atoms with Crippen LogP contribution in [-0.4, -0.2) is 29.2 Å². The van der Waals surface area contributed by atoms with Gasteiger partial charge >= 0.3 is 0 Å². The molecule has 0 aromatic heterocycles. The number of rotatable bonds is 8. The molecule has 1 aliphatic rings. The summed E-state index contributed by atoms with van der Waals surface area (Å²) in [4.78, 5) is 27.0. The molecule has 2 amide bonds. The Morgan fingerprint density at radius 2 is 1.51 bits per heavy atom. The molecule has 0 N–H and O–H groups in total. The quantitative estimate of drug-likeness (QED) is 0.209. The zero-order valence-electron chi connectivity index (χ0n) is 19.5. The topological polar surface area (TPSA) is 55.8 Å². The van der Waals surface area contributed by atoms with E-state index in [2.05, 4.69) is 0 Å². The molecule has 0 radical (unpaired) electrons. The first-order valence-electron chi connectivity index (χ1n) is 11.5. The van der Waals surface area contributed by atoms with Crippen LogP contribution in [0.3, 0.4) is 0 Å². The fourth-order valence-corrected chi connectivity index (χ4v) is 5.27. The van der Waals surface area contributed by atoms with Crippen LogP contribution in [0.15, 0.2) is 89.8 Å². The summed E-state index contributed by atoms with van der Waals surface area (Å²) < 4.78 is 11.7. The number of amides is 2. The molecular formula is C29H21Cl2NO4S. The number of hydrogen-bond donors (Lipinski definition) is 0. The lowest BCUT2D eigenvalue weighted by molar-refractivity contribution is -0.123. The van der Waals surface area contributed by atoms with Crippen LogP contribution >= 0.6 is 35.0 Å². The molecule has 37 heavy (non-hydrogen) atoms. The Balaban J connectivity index is 1.19. The Hall–Kier alpha value is -3.45. The third-order valence-electron chi connectivity index (χ3n) is 5.82. The first kappa shape index (κ1) is 25.2. The zero-order valence-corrected chi connectivity index (χ0v) is 21.9. The van der Waals surface area contributed by atoms with Gasteiger partial charge in [-0.15, -0.1) is 0 Å².